The van der Waals surface area contributed by atoms with Gasteiger partial charge in [-0.1, -0.05) is 6.07 Å². The lowest BCUT2D eigenvalue weighted by atomic mass is 9.94. The van der Waals surface area contributed by atoms with Crippen molar-refractivity contribution < 1.29 is 9.59 Å². The molecule has 1 aliphatic heterocycles. The van der Waals surface area contributed by atoms with Crippen molar-refractivity contribution in [3.63, 3.8) is 0 Å². The number of pyridine rings is 1. The van der Waals surface area contributed by atoms with Gasteiger partial charge in [0.25, 0.3) is 5.91 Å². The predicted molar refractivity (Wildman–Crippen MR) is 91.6 cm³/mol. The highest BCUT2D eigenvalue weighted by Crippen LogP contribution is 2.37. The number of rotatable bonds is 5. The van der Waals surface area contributed by atoms with E-state index in [9.17, 15) is 9.59 Å². The standard InChI is InChI=1S/C18H21N5O2/c1-3-23-16(24)9-14(17(23)13-5-4-7-19-10-13)11-20-18(25)15-6-8-21-22-12(15)2/h4-8,10,14,17H,3,9,11H2,1-2H3,(H,20,25)/t14-,17-/m0/s1. The fourth-order valence-corrected chi connectivity index (χ4v) is 3.38. The molecule has 130 valence electrons. The molecule has 0 saturated carbocycles. The zero-order valence-corrected chi connectivity index (χ0v) is 14.3. The maximum atomic E-state index is 12.4. The maximum Gasteiger partial charge on any atom is 0.253 e. The molecule has 3 heterocycles. The summed E-state index contributed by atoms with van der Waals surface area (Å²) in [6.07, 6.45) is 5.42. The molecule has 7 nitrogen and oxygen atoms in total. The third-order valence-corrected chi connectivity index (χ3v) is 4.58. The van der Waals surface area contributed by atoms with Crippen molar-refractivity contribution in [2.75, 3.05) is 13.1 Å². The molecule has 0 radical (unpaired) electrons. The van der Waals surface area contributed by atoms with Gasteiger partial charge in [0.05, 0.1) is 23.5 Å². The molecule has 3 rings (SSSR count). The predicted octanol–water partition coefficient (Wildman–Crippen LogP) is 1.52. The van der Waals surface area contributed by atoms with Gasteiger partial charge in [0, 0.05) is 37.8 Å². The number of likely N-dealkylation sites (tertiary alicyclic amines) is 1. The van der Waals surface area contributed by atoms with Gasteiger partial charge in [-0.25, -0.2) is 0 Å². The highest BCUT2D eigenvalue weighted by atomic mass is 16.2. The van der Waals surface area contributed by atoms with Crippen LogP contribution in [-0.2, 0) is 4.79 Å². The van der Waals surface area contributed by atoms with Crippen LogP contribution >= 0.6 is 0 Å². The van der Waals surface area contributed by atoms with Gasteiger partial charge in [0.15, 0.2) is 0 Å². The second-order valence-electron chi connectivity index (χ2n) is 6.12. The van der Waals surface area contributed by atoms with E-state index in [-0.39, 0.29) is 23.8 Å². The summed E-state index contributed by atoms with van der Waals surface area (Å²) >= 11 is 0. The zero-order chi connectivity index (χ0) is 17.8. The van der Waals surface area contributed by atoms with Gasteiger partial charge < -0.3 is 10.2 Å². The first-order chi connectivity index (χ1) is 12.1. The molecule has 2 amide bonds. The third kappa shape index (κ3) is 3.50. The maximum absolute atomic E-state index is 12.4. The zero-order valence-electron chi connectivity index (χ0n) is 14.3. The van der Waals surface area contributed by atoms with Gasteiger partial charge in [-0.2, -0.15) is 10.2 Å². The second-order valence-corrected chi connectivity index (χ2v) is 6.12. The van der Waals surface area contributed by atoms with Crippen LogP contribution in [-0.4, -0.2) is 45.0 Å². The van der Waals surface area contributed by atoms with Crippen molar-refractivity contribution in [3.05, 3.63) is 53.6 Å². The van der Waals surface area contributed by atoms with Crippen LogP contribution in [0.2, 0.25) is 0 Å². The van der Waals surface area contributed by atoms with Gasteiger partial charge in [-0.15, -0.1) is 0 Å². The van der Waals surface area contributed by atoms with Crippen LogP contribution in [0.1, 0.15) is 41.0 Å². The minimum absolute atomic E-state index is 0.00991. The molecule has 2 atom stereocenters. The highest BCUT2D eigenvalue weighted by Gasteiger charge is 2.39. The molecule has 25 heavy (non-hydrogen) atoms. The quantitative estimate of drug-likeness (QED) is 0.892. The minimum Gasteiger partial charge on any atom is -0.352 e. The molecule has 0 spiro atoms. The molecule has 0 aromatic carbocycles. The summed E-state index contributed by atoms with van der Waals surface area (Å²) in [5, 5.41) is 10.6. The Kier molecular flexibility index (Phi) is 5.02. The van der Waals surface area contributed by atoms with Gasteiger partial charge in [0.1, 0.15) is 0 Å². The van der Waals surface area contributed by atoms with Crippen molar-refractivity contribution in [2.24, 2.45) is 5.92 Å². The Balaban J connectivity index is 1.75. The summed E-state index contributed by atoms with van der Waals surface area (Å²) < 4.78 is 0. The van der Waals surface area contributed by atoms with Crippen LogP contribution in [0, 0.1) is 12.8 Å². The number of carbonyl (C=O) groups is 2. The summed E-state index contributed by atoms with van der Waals surface area (Å²) in [5.41, 5.74) is 2.09. The lowest BCUT2D eigenvalue weighted by Gasteiger charge is -2.27. The summed E-state index contributed by atoms with van der Waals surface area (Å²) in [6, 6.07) is 5.43. The Labute approximate surface area is 146 Å². The SMILES string of the molecule is CCN1C(=O)C[C@@H](CNC(=O)c2ccnnc2C)[C@@H]1c1cccnc1. The molecular formula is C18H21N5O2. The van der Waals surface area contributed by atoms with E-state index in [1.54, 1.807) is 25.4 Å². The summed E-state index contributed by atoms with van der Waals surface area (Å²) in [6.45, 7) is 4.77. The Hall–Kier alpha value is -2.83. The normalized spacial score (nSPS) is 19.9. The largest absolute Gasteiger partial charge is 0.352 e. The van der Waals surface area contributed by atoms with E-state index in [0.29, 0.717) is 30.8 Å². The molecule has 1 aliphatic rings. The molecule has 1 N–H and O–H groups in total. The number of nitrogens with zero attached hydrogens (tertiary/aromatic N) is 4. The Morgan fingerprint density at radius 1 is 1.36 bits per heavy atom. The smallest absolute Gasteiger partial charge is 0.253 e. The van der Waals surface area contributed by atoms with Gasteiger partial charge >= 0.3 is 0 Å². The monoisotopic (exact) mass is 339 g/mol. The molecule has 0 aliphatic carbocycles. The number of amides is 2. The average Bonchev–Trinajstić information content (AvgIpc) is 2.96. The van der Waals surface area contributed by atoms with E-state index in [1.807, 2.05) is 24.0 Å². The summed E-state index contributed by atoms with van der Waals surface area (Å²) in [4.78, 5) is 30.8. The summed E-state index contributed by atoms with van der Waals surface area (Å²) in [5.74, 6) is -0.0761. The summed E-state index contributed by atoms with van der Waals surface area (Å²) in [7, 11) is 0. The lowest BCUT2D eigenvalue weighted by molar-refractivity contribution is -0.128. The number of carbonyl (C=O) groups excluding carboxylic acids is 2. The Bertz CT molecular complexity index is 765. The van der Waals surface area contributed by atoms with E-state index in [4.69, 9.17) is 0 Å². The van der Waals surface area contributed by atoms with Gasteiger partial charge in [-0.3, -0.25) is 14.6 Å². The number of hydrogen-bond donors (Lipinski definition) is 1. The van der Waals surface area contributed by atoms with Crippen LogP contribution in [0.5, 0.6) is 0 Å². The van der Waals surface area contributed by atoms with Crippen molar-refractivity contribution in [1.29, 1.82) is 0 Å². The number of hydrogen-bond acceptors (Lipinski definition) is 5. The Morgan fingerprint density at radius 3 is 2.88 bits per heavy atom. The third-order valence-electron chi connectivity index (χ3n) is 4.58. The van der Waals surface area contributed by atoms with Crippen LogP contribution < -0.4 is 5.32 Å². The molecular weight excluding hydrogens is 318 g/mol. The van der Waals surface area contributed by atoms with E-state index in [1.165, 1.54) is 6.20 Å². The fourth-order valence-electron chi connectivity index (χ4n) is 3.38. The van der Waals surface area contributed by atoms with Crippen LogP contribution in [0.3, 0.4) is 0 Å². The van der Waals surface area contributed by atoms with E-state index < -0.39 is 0 Å². The van der Waals surface area contributed by atoms with Crippen LogP contribution in [0.25, 0.3) is 0 Å². The molecule has 0 unspecified atom stereocenters. The average molecular weight is 339 g/mol. The van der Waals surface area contributed by atoms with Crippen molar-refractivity contribution >= 4 is 11.8 Å². The second kappa shape index (κ2) is 7.38. The molecule has 2 aromatic rings. The topological polar surface area (TPSA) is 88.1 Å². The highest BCUT2D eigenvalue weighted by molar-refractivity contribution is 5.95. The van der Waals surface area contributed by atoms with Crippen LogP contribution in [0.15, 0.2) is 36.8 Å². The van der Waals surface area contributed by atoms with Crippen LogP contribution in [0.4, 0.5) is 0 Å². The first-order valence-electron chi connectivity index (χ1n) is 8.37. The number of aryl methyl sites for hydroxylation is 1. The minimum atomic E-state index is -0.195. The molecule has 0 bridgehead atoms. The van der Waals surface area contributed by atoms with Gasteiger partial charge in [-0.05, 0) is 31.5 Å². The molecule has 2 aromatic heterocycles. The lowest BCUT2D eigenvalue weighted by Crippen LogP contribution is -2.34. The van der Waals surface area contributed by atoms with E-state index >= 15 is 0 Å². The molecule has 1 saturated heterocycles. The van der Waals surface area contributed by atoms with E-state index in [0.717, 1.165) is 5.56 Å². The Morgan fingerprint density at radius 2 is 2.20 bits per heavy atom. The van der Waals surface area contributed by atoms with Gasteiger partial charge in [0.2, 0.25) is 5.91 Å². The number of aromatic nitrogens is 3. The first-order valence-corrected chi connectivity index (χ1v) is 8.37. The van der Waals surface area contributed by atoms with E-state index in [2.05, 4.69) is 20.5 Å². The van der Waals surface area contributed by atoms with Crippen molar-refractivity contribution in [3.8, 4) is 0 Å². The van der Waals surface area contributed by atoms with Crippen molar-refractivity contribution in [1.82, 2.24) is 25.4 Å². The molecule has 7 heteroatoms. The van der Waals surface area contributed by atoms with Crippen molar-refractivity contribution in [2.45, 2.75) is 26.3 Å². The fraction of sp³-hybridized carbons (Fsp3) is 0.389. The first kappa shape index (κ1) is 17.0. The number of nitrogens with one attached hydrogen (secondary N) is 1. The molecule has 1 fully saturated rings.